The Morgan fingerprint density at radius 2 is 2.26 bits per heavy atom. The van der Waals surface area contributed by atoms with Gasteiger partial charge in [0.15, 0.2) is 0 Å². The lowest BCUT2D eigenvalue weighted by molar-refractivity contribution is -0.143. The van der Waals surface area contributed by atoms with Crippen LogP contribution in [0.15, 0.2) is 24.3 Å². The van der Waals surface area contributed by atoms with Crippen LogP contribution >= 0.6 is 0 Å². The van der Waals surface area contributed by atoms with Crippen LogP contribution in [0.25, 0.3) is 0 Å². The summed E-state index contributed by atoms with van der Waals surface area (Å²) in [5.74, 6) is -0.881. The summed E-state index contributed by atoms with van der Waals surface area (Å²) in [5.41, 5.74) is 2.38. The summed E-state index contributed by atoms with van der Waals surface area (Å²) in [6, 6.07) is 8.29. The summed E-state index contributed by atoms with van der Waals surface area (Å²) in [4.78, 5) is 13.3. The fourth-order valence-electron chi connectivity index (χ4n) is 2.64. The van der Waals surface area contributed by atoms with Crippen LogP contribution in [0.2, 0.25) is 0 Å². The zero-order valence-electron chi connectivity index (χ0n) is 11.3. The molecule has 0 radical (unpaired) electrons. The van der Waals surface area contributed by atoms with E-state index in [0.717, 1.165) is 31.5 Å². The van der Waals surface area contributed by atoms with Gasteiger partial charge in [0, 0.05) is 20.2 Å². The second kappa shape index (κ2) is 6.68. The minimum Gasteiger partial charge on any atom is -0.481 e. The van der Waals surface area contributed by atoms with Crippen LogP contribution in [0.3, 0.4) is 0 Å². The molecule has 2 rings (SSSR count). The first-order valence-corrected chi connectivity index (χ1v) is 6.71. The number of benzene rings is 1. The highest BCUT2D eigenvalue weighted by Gasteiger charge is 2.25. The fourth-order valence-corrected chi connectivity index (χ4v) is 2.64. The lowest BCUT2D eigenvalue weighted by Gasteiger charge is -2.30. The number of nitrogens with zero attached hydrogens (tertiary/aromatic N) is 1. The van der Waals surface area contributed by atoms with Crippen LogP contribution < -0.4 is 0 Å². The third kappa shape index (κ3) is 4.04. The van der Waals surface area contributed by atoms with Crippen LogP contribution in [0.5, 0.6) is 0 Å². The number of carbonyl (C=O) groups is 1. The van der Waals surface area contributed by atoms with Crippen LogP contribution in [-0.4, -0.2) is 36.2 Å². The molecule has 19 heavy (non-hydrogen) atoms. The molecule has 1 fully saturated rings. The number of hydrogen-bond acceptors (Lipinski definition) is 3. The second-order valence-corrected chi connectivity index (χ2v) is 5.17. The van der Waals surface area contributed by atoms with E-state index in [1.807, 2.05) is 12.1 Å². The molecule has 4 heteroatoms. The van der Waals surface area contributed by atoms with Gasteiger partial charge in [0.25, 0.3) is 0 Å². The lowest BCUT2D eigenvalue weighted by Crippen LogP contribution is -2.38. The predicted molar refractivity (Wildman–Crippen MR) is 72.8 cm³/mol. The highest BCUT2D eigenvalue weighted by atomic mass is 16.5. The molecule has 0 aromatic heterocycles. The summed E-state index contributed by atoms with van der Waals surface area (Å²) < 4.78 is 5.13. The van der Waals surface area contributed by atoms with Crippen LogP contribution in [0, 0.1) is 5.92 Å². The SMILES string of the molecule is COCc1cccc(CN2CCCC(C(=O)O)C2)c1. The third-order valence-corrected chi connectivity index (χ3v) is 3.56. The van der Waals surface area contributed by atoms with E-state index in [1.54, 1.807) is 7.11 Å². The van der Waals surface area contributed by atoms with Gasteiger partial charge in [-0.1, -0.05) is 24.3 Å². The molecule has 1 aliphatic rings. The van der Waals surface area contributed by atoms with Crippen molar-refractivity contribution in [2.45, 2.75) is 26.0 Å². The standard InChI is InChI=1S/C15H21NO3/c1-19-11-13-5-2-4-12(8-13)9-16-7-3-6-14(10-16)15(17)18/h2,4-5,8,14H,3,6-7,9-11H2,1H3,(H,17,18). The van der Waals surface area contributed by atoms with E-state index in [-0.39, 0.29) is 5.92 Å². The monoisotopic (exact) mass is 263 g/mol. The number of hydrogen-bond donors (Lipinski definition) is 1. The van der Waals surface area contributed by atoms with Crippen molar-refractivity contribution in [3.05, 3.63) is 35.4 Å². The first-order valence-electron chi connectivity index (χ1n) is 6.71. The fraction of sp³-hybridized carbons (Fsp3) is 0.533. The van der Waals surface area contributed by atoms with Gasteiger partial charge in [-0.2, -0.15) is 0 Å². The van der Waals surface area contributed by atoms with E-state index in [4.69, 9.17) is 9.84 Å². The van der Waals surface area contributed by atoms with Gasteiger partial charge in [-0.3, -0.25) is 9.69 Å². The van der Waals surface area contributed by atoms with E-state index in [0.29, 0.717) is 13.2 Å². The zero-order chi connectivity index (χ0) is 13.7. The first kappa shape index (κ1) is 14.0. The van der Waals surface area contributed by atoms with Gasteiger partial charge in [-0.15, -0.1) is 0 Å². The molecule has 0 amide bonds. The second-order valence-electron chi connectivity index (χ2n) is 5.17. The van der Waals surface area contributed by atoms with Crippen LogP contribution in [0.1, 0.15) is 24.0 Å². The van der Waals surface area contributed by atoms with Gasteiger partial charge in [-0.05, 0) is 30.5 Å². The molecule has 104 valence electrons. The summed E-state index contributed by atoms with van der Waals surface area (Å²) in [6.07, 6.45) is 1.77. The Morgan fingerprint density at radius 1 is 1.47 bits per heavy atom. The van der Waals surface area contributed by atoms with Crippen molar-refractivity contribution in [1.82, 2.24) is 4.90 Å². The Bertz CT molecular complexity index is 433. The number of aliphatic carboxylic acids is 1. The van der Waals surface area contributed by atoms with E-state index >= 15 is 0 Å². The summed E-state index contributed by atoms with van der Waals surface area (Å²) >= 11 is 0. The Labute approximate surface area is 114 Å². The molecule has 0 saturated carbocycles. The van der Waals surface area contributed by atoms with Crippen molar-refractivity contribution in [2.75, 3.05) is 20.2 Å². The molecular weight excluding hydrogens is 242 g/mol. The zero-order valence-corrected chi connectivity index (χ0v) is 11.3. The molecule has 1 aliphatic heterocycles. The lowest BCUT2D eigenvalue weighted by atomic mass is 9.98. The van der Waals surface area contributed by atoms with Crippen LogP contribution in [-0.2, 0) is 22.7 Å². The summed E-state index contributed by atoms with van der Waals surface area (Å²) in [7, 11) is 1.69. The van der Waals surface area contributed by atoms with Gasteiger partial charge in [0.05, 0.1) is 12.5 Å². The molecule has 1 N–H and O–H groups in total. The summed E-state index contributed by atoms with van der Waals surface area (Å²) in [5, 5.41) is 9.09. The number of likely N-dealkylation sites (tertiary alicyclic amines) is 1. The highest BCUT2D eigenvalue weighted by molar-refractivity contribution is 5.70. The van der Waals surface area contributed by atoms with E-state index in [9.17, 15) is 4.79 Å². The van der Waals surface area contributed by atoms with Gasteiger partial charge >= 0.3 is 5.97 Å². The van der Waals surface area contributed by atoms with Crippen molar-refractivity contribution in [2.24, 2.45) is 5.92 Å². The van der Waals surface area contributed by atoms with Gasteiger partial charge in [0.1, 0.15) is 0 Å². The smallest absolute Gasteiger partial charge is 0.307 e. The molecular formula is C15H21NO3. The van der Waals surface area contributed by atoms with E-state index < -0.39 is 5.97 Å². The minimum absolute atomic E-state index is 0.212. The normalized spacial score (nSPS) is 20.4. The van der Waals surface area contributed by atoms with E-state index in [2.05, 4.69) is 17.0 Å². The molecule has 1 heterocycles. The van der Waals surface area contributed by atoms with Crippen molar-refractivity contribution in [3.8, 4) is 0 Å². The first-order chi connectivity index (χ1) is 9.19. The highest BCUT2D eigenvalue weighted by Crippen LogP contribution is 2.19. The average molecular weight is 263 g/mol. The molecule has 0 bridgehead atoms. The largest absolute Gasteiger partial charge is 0.481 e. The molecule has 1 unspecified atom stereocenters. The number of carboxylic acid groups (broad SMARTS) is 1. The molecule has 1 aromatic rings. The quantitative estimate of drug-likeness (QED) is 0.884. The van der Waals surface area contributed by atoms with E-state index in [1.165, 1.54) is 5.56 Å². The minimum atomic E-state index is -0.669. The number of ether oxygens (including phenoxy) is 1. The number of piperidine rings is 1. The van der Waals surface area contributed by atoms with Crippen molar-refractivity contribution < 1.29 is 14.6 Å². The van der Waals surface area contributed by atoms with Crippen molar-refractivity contribution in [3.63, 3.8) is 0 Å². The molecule has 1 saturated heterocycles. The van der Waals surface area contributed by atoms with Crippen molar-refractivity contribution in [1.29, 1.82) is 0 Å². The topological polar surface area (TPSA) is 49.8 Å². The predicted octanol–water partition coefficient (Wildman–Crippen LogP) is 2.13. The molecule has 0 aliphatic carbocycles. The molecule has 1 aromatic carbocycles. The Hall–Kier alpha value is -1.39. The number of methoxy groups -OCH3 is 1. The maximum atomic E-state index is 11.0. The summed E-state index contributed by atoms with van der Waals surface area (Å²) in [6.45, 7) is 3.08. The molecule has 0 spiro atoms. The Balaban J connectivity index is 1.96. The van der Waals surface area contributed by atoms with Crippen LogP contribution in [0.4, 0.5) is 0 Å². The van der Waals surface area contributed by atoms with Crippen molar-refractivity contribution >= 4 is 5.97 Å². The van der Waals surface area contributed by atoms with Gasteiger partial charge < -0.3 is 9.84 Å². The van der Waals surface area contributed by atoms with Gasteiger partial charge in [-0.25, -0.2) is 0 Å². The molecule has 1 atom stereocenters. The third-order valence-electron chi connectivity index (χ3n) is 3.56. The average Bonchev–Trinajstić information content (AvgIpc) is 2.40. The Morgan fingerprint density at radius 3 is 3.00 bits per heavy atom. The number of carboxylic acids is 1. The number of rotatable bonds is 5. The maximum absolute atomic E-state index is 11.0. The molecule has 4 nitrogen and oxygen atoms in total. The maximum Gasteiger partial charge on any atom is 0.307 e. The van der Waals surface area contributed by atoms with Gasteiger partial charge in [0.2, 0.25) is 0 Å². The Kier molecular flexibility index (Phi) is 4.93.